The normalized spacial score (nSPS) is 12.0. The zero-order valence-electron chi connectivity index (χ0n) is 20.1. The average molecular weight is 695 g/mol. The van der Waals surface area contributed by atoms with E-state index in [1.807, 2.05) is 77.2 Å². The predicted molar refractivity (Wildman–Crippen MR) is 161 cm³/mol. The van der Waals surface area contributed by atoms with Gasteiger partial charge in [-0.3, -0.25) is 9.52 Å². The van der Waals surface area contributed by atoms with E-state index in [1.54, 1.807) is 6.07 Å². The molecule has 0 saturated carbocycles. The third kappa shape index (κ3) is 7.30. The summed E-state index contributed by atoms with van der Waals surface area (Å²) in [6.45, 7) is 0. The molecule has 1 atom stereocenters. The number of carbonyl (C=O) groups is 2. The van der Waals surface area contributed by atoms with E-state index in [9.17, 15) is 23.1 Å². The van der Waals surface area contributed by atoms with Gasteiger partial charge in [0.15, 0.2) is 0 Å². The molecule has 11 heteroatoms. The number of halogens is 3. The Hall–Kier alpha value is -3.12. The van der Waals surface area contributed by atoms with Crippen LogP contribution in [-0.4, -0.2) is 31.4 Å². The van der Waals surface area contributed by atoms with Gasteiger partial charge >= 0.3 is 5.97 Å². The van der Waals surface area contributed by atoms with Gasteiger partial charge in [0.2, 0.25) is 0 Å². The van der Waals surface area contributed by atoms with Crippen LogP contribution >= 0.6 is 45.8 Å². The van der Waals surface area contributed by atoms with Crippen LogP contribution in [-0.2, 0) is 21.2 Å². The number of rotatable bonds is 9. The molecule has 4 aromatic carbocycles. The van der Waals surface area contributed by atoms with Gasteiger partial charge in [0.1, 0.15) is 6.04 Å². The van der Waals surface area contributed by atoms with E-state index in [1.165, 1.54) is 30.3 Å². The molecule has 0 aromatic heterocycles. The molecule has 0 fully saturated rings. The summed E-state index contributed by atoms with van der Waals surface area (Å²) in [6.07, 6.45) is 0.0321. The topological polar surface area (TPSA) is 113 Å². The van der Waals surface area contributed by atoms with Crippen LogP contribution in [0.2, 0.25) is 10.0 Å². The number of carboxylic acid groups (broad SMARTS) is 1. The van der Waals surface area contributed by atoms with Crippen LogP contribution in [0, 0.1) is 3.57 Å². The second-order valence-corrected chi connectivity index (χ2v) is 12.2. The first-order chi connectivity index (χ1) is 18.5. The van der Waals surface area contributed by atoms with Crippen molar-refractivity contribution in [2.45, 2.75) is 17.4 Å². The molecule has 0 radical (unpaired) electrons. The number of hydrogen-bond donors (Lipinski definition) is 3. The summed E-state index contributed by atoms with van der Waals surface area (Å²) >= 11 is 13.8. The lowest BCUT2D eigenvalue weighted by Crippen LogP contribution is -2.42. The quantitative estimate of drug-likeness (QED) is 0.174. The van der Waals surface area contributed by atoms with Crippen molar-refractivity contribution < 1.29 is 23.1 Å². The van der Waals surface area contributed by atoms with Crippen molar-refractivity contribution in [3.8, 4) is 11.1 Å². The van der Waals surface area contributed by atoms with Gasteiger partial charge < -0.3 is 10.4 Å². The number of benzene rings is 4. The van der Waals surface area contributed by atoms with Crippen LogP contribution in [0.25, 0.3) is 11.1 Å². The Morgan fingerprint density at radius 2 is 1.51 bits per heavy atom. The number of amides is 1. The van der Waals surface area contributed by atoms with E-state index >= 15 is 0 Å². The van der Waals surface area contributed by atoms with E-state index in [4.69, 9.17) is 23.2 Å². The van der Waals surface area contributed by atoms with Crippen LogP contribution in [0.4, 0.5) is 5.69 Å². The Labute approximate surface area is 249 Å². The van der Waals surface area contributed by atoms with Crippen molar-refractivity contribution in [2.75, 3.05) is 4.72 Å². The molecule has 0 spiro atoms. The van der Waals surface area contributed by atoms with Gasteiger partial charge in [0, 0.05) is 9.99 Å². The van der Waals surface area contributed by atoms with Crippen LogP contribution in [0.15, 0.2) is 95.9 Å². The van der Waals surface area contributed by atoms with Crippen molar-refractivity contribution in [1.29, 1.82) is 0 Å². The van der Waals surface area contributed by atoms with Crippen molar-refractivity contribution in [2.24, 2.45) is 0 Å². The van der Waals surface area contributed by atoms with Crippen LogP contribution in [0.1, 0.15) is 15.9 Å². The maximum atomic E-state index is 13.2. The number of sulfonamides is 1. The molecule has 1 amide bonds. The van der Waals surface area contributed by atoms with Gasteiger partial charge in [-0.05, 0) is 75.7 Å². The fourth-order valence-corrected chi connectivity index (χ4v) is 5.74. The lowest BCUT2D eigenvalue weighted by atomic mass is 10.0. The molecule has 0 saturated heterocycles. The second-order valence-electron chi connectivity index (χ2n) is 8.50. The number of anilines is 1. The average Bonchev–Trinajstić information content (AvgIpc) is 2.91. The van der Waals surface area contributed by atoms with Crippen LogP contribution in [0.5, 0.6) is 0 Å². The molecule has 4 rings (SSSR count). The van der Waals surface area contributed by atoms with Crippen molar-refractivity contribution in [3.63, 3.8) is 0 Å². The first-order valence-electron chi connectivity index (χ1n) is 11.5. The van der Waals surface area contributed by atoms with Gasteiger partial charge in [0.05, 0.1) is 26.2 Å². The SMILES string of the molecule is O=C(NC(Cc1ccc(-c2ccccc2)cc1)C(=O)O)c1cc(I)ccc1NS(=O)(=O)c1ccc(Cl)c(Cl)c1. The van der Waals surface area contributed by atoms with E-state index in [0.29, 0.717) is 9.13 Å². The number of nitrogens with one attached hydrogen (secondary N) is 2. The lowest BCUT2D eigenvalue weighted by Gasteiger charge is -2.18. The molecule has 7 nitrogen and oxygen atoms in total. The summed E-state index contributed by atoms with van der Waals surface area (Å²) < 4.78 is 29.0. The van der Waals surface area contributed by atoms with E-state index in [-0.39, 0.29) is 32.6 Å². The summed E-state index contributed by atoms with van der Waals surface area (Å²) in [5, 5.41) is 12.6. The highest BCUT2D eigenvalue weighted by atomic mass is 127. The lowest BCUT2D eigenvalue weighted by molar-refractivity contribution is -0.139. The zero-order chi connectivity index (χ0) is 28.2. The molecule has 0 heterocycles. The van der Waals surface area contributed by atoms with Gasteiger partial charge in [0.25, 0.3) is 15.9 Å². The van der Waals surface area contributed by atoms with Gasteiger partial charge in [-0.25, -0.2) is 13.2 Å². The molecule has 0 aliphatic carbocycles. The molecular formula is C28H21Cl2IN2O5S. The molecule has 0 aliphatic rings. The van der Waals surface area contributed by atoms with Gasteiger partial charge in [-0.2, -0.15) is 0 Å². The maximum absolute atomic E-state index is 13.2. The number of carboxylic acids is 1. The Morgan fingerprint density at radius 3 is 2.15 bits per heavy atom. The minimum atomic E-state index is -4.13. The molecular weight excluding hydrogens is 674 g/mol. The molecule has 3 N–H and O–H groups in total. The third-order valence-corrected chi connectivity index (χ3v) is 8.55. The molecule has 0 aliphatic heterocycles. The second kappa shape index (κ2) is 12.4. The Balaban J connectivity index is 1.54. The Morgan fingerprint density at radius 1 is 0.846 bits per heavy atom. The first-order valence-corrected chi connectivity index (χ1v) is 14.8. The summed E-state index contributed by atoms with van der Waals surface area (Å²) in [7, 11) is -4.13. The van der Waals surface area contributed by atoms with E-state index in [0.717, 1.165) is 11.1 Å². The van der Waals surface area contributed by atoms with Crippen molar-refractivity contribution >= 4 is 73.4 Å². The summed E-state index contributed by atoms with van der Waals surface area (Å²) in [6, 6.07) is 24.2. The molecule has 0 bridgehead atoms. The van der Waals surface area contributed by atoms with Crippen LogP contribution in [0.3, 0.4) is 0 Å². The van der Waals surface area contributed by atoms with E-state index in [2.05, 4.69) is 10.0 Å². The fraction of sp³-hybridized carbons (Fsp3) is 0.0714. The minimum Gasteiger partial charge on any atom is -0.480 e. The van der Waals surface area contributed by atoms with Crippen molar-refractivity contribution in [3.05, 3.63) is 116 Å². The zero-order valence-corrected chi connectivity index (χ0v) is 24.6. The summed E-state index contributed by atoms with van der Waals surface area (Å²) in [5.41, 5.74) is 2.67. The number of aliphatic carboxylic acids is 1. The molecule has 1 unspecified atom stereocenters. The molecule has 4 aromatic rings. The van der Waals surface area contributed by atoms with Gasteiger partial charge in [-0.15, -0.1) is 0 Å². The smallest absolute Gasteiger partial charge is 0.326 e. The van der Waals surface area contributed by atoms with E-state index < -0.39 is 27.9 Å². The van der Waals surface area contributed by atoms with Gasteiger partial charge in [-0.1, -0.05) is 77.8 Å². The highest BCUT2D eigenvalue weighted by Gasteiger charge is 2.25. The molecule has 39 heavy (non-hydrogen) atoms. The number of carbonyl (C=O) groups excluding carboxylic acids is 1. The maximum Gasteiger partial charge on any atom is 0.326 e. The first kappa shape index (κ1) is 28.9. The molecule has 200 valence electrons. The van der Waals surface area contributed by atoms with Crippen molar-refractivity contribution in [1.82, 2.24) is 5.32 Å². The summed E-state index contributed by atoms with van der Waals surface area (Å²) in [4.78, 5) is 25.1. The number of hydrogen-bond acceptors (Lipinski definition) is 4. The third-order valence-electron chi connectivity index (χ3n) is 5.78. The minimum absolute atomic E-state index is 0.0182. The monoisotopic (exact) mass is 694 g/mol. The standard InChI is InChI=1S/C28H21Cl2IN2O5S/c29-23-12-11-21(16-24(23)30)39(37,38)33-25-13-10-20(31)15-22(25)27(34)32-26(28(35)36)14-17-6-8-19(9-7-17)18-4-2-1-3-5-18/h1-13,15-16,26,33H,14H2,(H,32,34)(H,35,36). The Kier molecular flexibility index (Phi) is 9.16. The highest BCUT2D eigenvalue weighted by Crippen LogP contribution is 2.28. The summed E-state index contributed by atoms with van der Waals surface area (Å²) in [5.74, 6) is -1.97. The predicted octanol–water partition coefficient (Wildman–Crippen LogP) is 6.49. The largest absolute Gasteiger partial charge is 0.480 e. The highest BCUT2D eigenvalue weighted by molar-refractivity contribution is 14.1. The fourth-order valence-electron chi connectivity index (χ4n) is 3.78. The Bertz CT molecular complexity index is 1630. The van der Waals surface area contributed by atoms with Crippen LogP contribution < -0.4 is 10.0 Å².